The van der Waals surface area contributed by atoms with Gasteiger partial charge in [0.15, 0.2) is 0 Å². The highest BCUT2D eigenvalue weighted by Gasteiger charge is 2.22. The average Bonchev–Trinajstić information content (AvgIpc) is 2.56. The smallest absolute Gasteiger partial charge is 0.321 e. The van der Waals surface area contributed by atoms with Crippen LogP contribution in [0.2, 0.25) is 0 Å². The number of likely N-dealkylation sites (tertiary alicyclic amines) is 1. The maximum Gasteiger partial charge on any atom is 0.321 e. The maximum absolute atomic E-state index is 12.3. The molecular formula is C18H28N2O2. The molecule has 0 bridgehead atoms. The maximum atomic E-state index is 12.3. The molecule has 4 heteroatoms. The summed E-state index contributed by atoms with van der Waals surface area (Å²) in [5.41, 5.74) is 0.786. The van der Waals surface area contributed by atoms with Crippen LogP contribution in [0.1, 0.15) is 45.4 Å². The topological polar surface area (TPSA) is 41.6 Å². The lowest BCUT2D eigenvalue weighted by Crippen LogP contribution is -2.41. The van der Waals surface area contributed by atoms with Gasteiger partial charge in [-0.25, -0.2) is 4.79 Å². The van der Waals surface area contributed by atoms with E-state index in [4.69, 9.17) is 4.74 Å². The van der Waals surface area contributed by atoms with E-state index in [1.807, 2.05) is 29.2 Å². The Morgan fingerprint density at radius 1 is 1.32 bits per heavy atom. The molecule has 1 aromatic carbocycles. The predicted octanol–water partition coefficient (Wildman–Crippen LogP) is 4.52. The number of benzene rings is 1. The van der Waals surface area contributed by atoms with Crippen molar-refractivity contribution in [1.29, 1.82) is 0 Å². The standard InChI is InChI=1S/C18H28N2O2/c1-3-4-5-7-15-10-12-20(13-11-15)18(21)19-16-8-6-9-17(14-16)22-2/h6,8-9,14-15H,3-5,7,10-13H2,1-2H3,(H,19,21). The van der Waals surface area contributed by atoms with Gasteiger partial charge in [-0.15, -0.1) is 0 Å². The van der Waals surface area contributed by atoms with Crippen molar-refractivity contribution in [3.63, 3.8) is 0 Å². The van der Waals surface area contributed by atoms with E-state index in [9.17, 15) is 4.79 Å². The highest BCUT2D eigenvalue weighted by Crippen LogP contribution is 2.24. The molecule has 0 saturated carbocycles. The number of hydrogen-bond donors (Lipinski definition) is 1. The van der Waals surface area contributed by atoms with Crippen molar-refractivity contribution < 1.29 is 9.53 Å². The number of rotatable bonds is 6. The van der Waals surface area contributed by atoms with Gasteiger partial charge in [-0.05, 0) is 30.9 Å². The van der Waals surface area contributed by atoms with Crippen LogP contribution in [0.3, 0.4) is 0 Å². The number of methoxy groups -OCH3 is 1. The number of carbonyl (C=O) groups is 1. The second-order valence-electron chi connectivity index (χ2n) is 6.09. The molecule has 2 rings (SSSR count). The van der Waals surface area contributed by atoms with Gasteiger partial charge in [-0.3, -0.25) is 0 Å². The summed E-state index contributed by atoms with van der Waals surface area (Å²) in [5.74, 6) is 1.56. The predicted molar refractivity (Wildman–Crippen MR) is 90.5 cm³/mol. The van der Waals surface area contributed by atoms with Gasteiger partial charge >= 0.3 is 6.03 Å². The quantitative estimate of drug-likeness (QED) is 0.785. The fourth-order valence-corrected chi connectivity index (χ4v) is 3.01. The molecular weight excluding hydrogens is 276 g/mol. The largest absolute Gasteiger partial charge is 0.497 e. The van der Waals surface area contributed by atoms with Crippen LogP contribution in [-0.4, -0.2) is 31.1 Å². The summed E-state index contributed by atoms with van der Waals surface area (Å²) in [6.45, 7) is 3.98. The zero-order valence-electron chi connectivity index (χ0n) is 13.8. The van der Waals surface area contributed by atoms with E-state index in [0.29, 0.717) is 0 Å². The van der Waals surface area contributed by atoms with Gasteiger partial charge in [0.1, 0.15) is 5.75 Å². The van der Waals surface area contributed by atoms with Crippen LogP contribution in [0, 0.1) is 5.92 Å². The molecule has 0 aliphatic carbocycles. The first-order valence-corrected chi connectivity index (χ1v) is 8.43. The summed E-state index contributed by atoms with van der Waals surface area (Å²) >= 11 is 0. The third-order valence-corrected chi connectivity index (χ3v) is 4.44. The normalized spacial score (nSPS) is 15.6. The van der Waals surface area contributed by atoms with E-state index < -0.39 is 0 Å². The fraction of sp³-hybridized carbons (Fsp3) is 0.611. The summed E-state index contributed by atoms with van der Waals surface area (Å²) in [6, 6.07) is 7.49. The van der Waals surface area contributed by atoms with E-state index in [0.717, 1.165) is 43.3 Å². The van der Waals surface area contributed by atoms with Crippen molar-refractivity contribution in [3.05, 3.63) is 24.3 Å². The Morgan fingerprint density at radius 3 is 2.77 bits per heavy atom. The van der Waals surface area contributed by atoms with E-state index >= 15 is 0 Å². The van der Waals surface area contributed by atoms with Gasteiger partial charge in [-0.2, -0.15) is 0 Å². The van der Waals surface area contributed by atoms with E-state index in [2.05, 4.69) is 12.2 Å². The minimum Gasteiger partial charge on any atom is -0.497 e. The van der Waals surface area contributed by atoms with Gasteiger partial charge in [0, 0.05) is 24.8 Å². The number of amides is 2. The summed E-state index contributed by atoms with van der Waals surface area (Å²) in [4.78, 5) is 14.2. The molecule has 0 aromatic heterocycles. The van der Waals surface area contributed by atoms with E-state index in [-0.39, 0.29) is 6.03 Å². The Labute approximate surface area is 133 Å². The first-order chi connectivity index (χ1) is 10.7. The number of hydrogen-bond acceptors (Lipinski definition) is 2. The summed E-state index contributed by atoms with van der Waals surface area (Å²) in [7, 11) is 1.63. The number of unbranched alkanes of at least 4 members (excludes halogenated alkanes) is 2. The molecule has 1 saturated heterocycles. The second-order valence-corrected chi connectivity index (χ2v) is 6.09. The lowest BCUT2D eigenvalue weighted by Gasteiger charge is -2.32. The van der Waals surface area contributed by atoms with Crippen LogP contribution >= 0.6 is 0 Å². The van der Waals surface area contributed by atoms with Crippen molar-refractivity contribution >= 4 is 11.7 Å². The Kier molecular flexibility index (Phi) is 6.56. The van der Waals surface area contributed by atoms with Gasteiger partial charge in [-0.1, -0.05) is 38.7 Å². The number of nitrogens with one attached hydrogen (secondary N) is 1. The first-order valence-electron chi connectivity index (χ1n) is 8.43. The van der Waals surface area contributed by atoms with Crippen molar-refractivity contribution in [2.45, 2.75) is 45.4 Å². The van der Waals surface area contributed by atoms with Crippen molar-refractivity contribution in [1.82, 2.24) is 4.90 Å². The van der Waals surface area contributed by atoms with Crippen LogP contribution in [0.4, 0.5) is 10.5 Å². The van der Waals surface area contributed by atoms with Gasteiger partial charge < -0.3 is 15.0 Å². The van der Waals surface area contributed by atoms with Gasteiger partial charge in [0.05, 0.1) is 7.11 Å². The minimum absolute atomic E-state index is 0.000242. The van der Waals surface area contributed by atoms with Crippen LogP contribution in [0.5, 0.6) is 5.75 Å². The molecule has 1 heterocycles. The molecule has 1 N–H and O–H groups in total. The third kappa shape index (κ3) is 4.93. The molecule has 1 aliphatic rings. The summed E-state index contributed by atoms with van der Waals surface area (Å²) in [6.07, 6.45) is 7.53. The SMILES string of the molecule is CCCCCC1CCN(C(=O)Nc2cccc(OC)c2)CC1. The monoisotopic (exact) mass is 304 g/mol. The Bertz CT molecular complexity index is 468. The number of carbonyl (C=O) groups excluding carboxylic acids is 1. The molecule has 22 heavy (non-hydrogen) atoms. The number of ether oxygens (including phenoxy) is 1. The van der Waals surface area contributed by atoms with Crippen molar-refractivity contribution in [3.8, 4) is 5.75 Å². The molecule has 122 valence electrons. The Morgan fingerprint density at radius 2 is 2.09 bits per heavy atom. The van der Waals surface area contributed by atoms with Crippen LogP contribution in [-0.2, 0) is 0 Å². The van der Waals surface area contributed by atoms with Gasteiger partial charge in [0.2, 0.25) is 0 Å². The minimum atomic E-state index is 0.000242. The molecule has 1 aliphatic heterocycles. The van der Waals surface area contributed by atoms with Crippen LogP contribution in [0.15, 0.2) is 24.3 Å². The lowest BCUT2D eigenvalue weighted by molar-refractivity contribution is 0.179. The second kappa shape index (κ2) is 8.66. The first kappa shape index (κ1) is 16.7. The summed E-state index contributed by atoms with van der Waals surface area (Å²) < 4.78 is 5.18. The molecule has 4 nitrogen and oxygen atoms in total. The van der Waals surface area contributed by atoms with Crippen LogP contribution in [0.25, 0.3) is 0 Å². The number of nitrogens with zero attached hydrogens (tertiary/aromatic N) is 1. The fourth-order valence-electron chi connectivity index (χ4n) is 3.01. The molecule has 0 unspecified atom stereocenters. The van der Waals surface area contributed by atoms with Crippen LogP contribution < -0.4 is 10.1 Å². The zero-order chi connectivity index (χ0) is 15.8. The highest BCUT2D eigenvalue weighted by atomic mass is 16.5. The van der Waals surface area contributed by atoms with Crippen molar-refractivity contribution in [2.75, 3.05) is 25.5 Å². The lowest BCUT2D eigenvalue weighted by atomic mass is 9.91. The zero-order valence-corrected chi connectivity index (χ0v) is 13.8. The molecule has 0 atom stereocenters. The Hall–Kier alpha value is -1.71. The molecule has 0 spiro atoms. The molecule has 1 fully saturated rings. The number of piperidine rings is 1. The molecule has 1 aromatic rings. The Balaban J connectivity index is 1.77. The highest BCUT2D eigenvalue weighted by molar-refractivity contribution is 5.89. The van der Waals surface area contributed by atoms with Crippen molar-refractivity contribution in [2.24, 2.45) is 5.92 Å². The van der Waals surface area contributed by atoms with Gasteiger partial charge in [0.25, 0.3) is 0 Å². The average molecular weight is 304 g/mol. The summed E-state index contributed by atoms with van der Waals surface area (Å²) in [5, 5.41) is 2.96. The molecule has 0 radical (unpaired) electrons. The molecule has 2 amide bonds. The number of anilines is 1. The third-order valence-electron chi connectivity index (χ3n) is 4.44. The van der Waals surface area contributed by atoms with E-state index in [1.54, 1.807) is 7.11 Å². The van der Waals surface area contributed by atoms with E-state index in [1.165, 1.54) is 25.7 Å². The number of urea groups is 1.